The summed E-state index contributed by atoms with van der Waals surface area (Å²) in [6.07, 6.45) is 43.9. The number of nitrogens with one attached hydrogen (secondary N) is 1. The Morgan fingerprint density at radius 3 is 1.76 bits per heavy atom. The molecule has 0 aliphatic carbocycles. The van der Waals surface area contributed by atoms with Gasteiger partial charge in [-0.3, -0.25) is 14.4 Å². The van der Waals surface area contributed by atoms with Gasteiger partial charge in [0.1, 0.15) is 12.6 Å². The molecule has 1 amide bonds. The number of amides is 1. The number of carbonyl (C=O) groups is 3. The van der Waals surface area contributed by atoms with Crippen molar-refractivity contribution in [3.8, 4) is 0 Å². The highest BCUT2D eigenvalue weighted by atomic mass is 16.5. The number of ether oxygens (including phenoxy) is 1. The van der Waals surface area contributed by atoms with E-state index < -0.39 is 5.97 Å². The van der Waals surface area contributed by atoms with E-state index in [4.69, 9.17) is 9.84 Å². The molecule has 6 heteroatoms. The summed E-state index contributed by atoms with van der Waals surface area (Å²) in [6, 6.07) is 0. The molecule has 0 aromatic carbocycles. The second-order valence-corrected chi connectivity index (χ2v) is 11.7. The Morgan fingerprint density at radius 2 is 1.11 bits per heavy atom. The standard InChI is InChI=1S/C39H65NO5/c1-3-5-7-9-10-11-12-13-14-15-16-17-18-19-20-21-26-30-34-39(44)45-36(31-27-23-8-6-4-2)32-28-24-22-25-29-33-37(41)40-35-38(42)43/h6,8,11-12,14-15,27-28,31-32,36H,3-5,7,9-10,13,16-26,29-30,33-35H2,1-2H3,(H,40,41)(H,42,43)/b8-6-,12-11-,15-14-,31-27-,32-28-. The van der Waals surface area contributed by atoms with Crippen LogP contribution < -0.4 is 5.32 Å². The molecule has 6 nitrogen and oxygen atoms in total. The molecule has 45 heavy (non-hydrogen) atoms. The van der Waals surface area contributed by atoms with Gasteiger partial charge in [0, 0.05) is 12.8 Å². The summed E-state index contributed by atoms with van der Waals surface area (Å²) in [5, 5.41) is 11.0. The minimum Gasteiger partial charge on any atom is -0.480 e. The molecule has 0 bridgehead atoms. The predicted molar refractivity (Wildman–Crippen MR) is 189 cm³/mol. The van der Waals surface area contributed by atoms with Crippen LogP contribution in [0.15, 0.2) is 60.8 Å². The molecule has 0 heterocycles. The molecule has 0 aromatic heterocycles. The Balaban J connectivity index is 4.06. The van der Waals surface area contributed by atoms with Crippen molar-refractivity contribution in [2.45, 2.75) is 161 Å². The van der Waals surface area contributed by atoms with Crippen molar-refractivity contribution in [1.29, 1.82) is 0 Å². The third kappa shape index (κ3) is 33.8. The normalized spacial score (nSPS) is 12.8. The van der Waals surface area contributed by atoms with Crippen LogP contribution in [0.25, 0.3) is 0 Å². The van der Waals surface area contributed by atoms with Crippen molar-refractivity contribution < 1.29 is 24.2 Å². The highest BCUT2D eigenvalue weighted by molar-refractivity contribution is 5.80. The van der Waals surface area contributed by atoms with E-state index in [2.05, 4.69) is 55.6 Å². The summed E-state index contributed by atoms with van der Waals surface area (Å²) < 4.78 is 5.75. The van der Waals surface area contributed by atoms with E-state index in [0.717, 1.165) is 57.8 Å². The molecule has 0 rings (SSSR count). The summed E-state index contributed by atoms with van der Waals surface area (Å²) in [7, 11) is 0. The highest BCUT2D eigenvalue weighted by Gasteiger charge is 2.08. The number of allylic oxidation sites excluding steroid dienone is 8. The molecule has 0 radical (unpaired) electrons. The van der Waals surface area contributed by atoms with Gasteiger partial charge >= 0.3 is 11.9 Å². The van der Waals surface area contributed by atoms with Gasteiger partial charge in [0.05, 0.1) is 0 Å². The van der Waals surface area contributed by atoms with Gasteiger partial charge in [-0.1, -0.05) is 120 Å². The predicted octanol–water partition coefficient (Wildman–Crippen LogP) is 10.5. The number of hydrogen-bond donors (Lipinski definition) is 2. The smallest absolute Gasteiger partial charge is 0.322 e. The summed E-state index contributed by atoms with van der Waals surface area (Å²) in [6.45, 7) is 4.02. The molecule has 1 atom stereocenters. The van der Waals surface area contributed by atoms with Crippen molar-refractivity contribution in [2.75, 3.05) is 6.54 Å². The second-order valence-electron chi connectivity index (χ2n) is 11.7. The number of esters is 1. The van der Waals surface area contributed by atoms with Crippen molar-refractivity contribution in [3.63, 3.8) is 0 Å². The maximum absolute atomic E-state index is 12.5. The summed E-state index contributed by atoms with van der Waals surface area (Å²) in [5.41, 5.74) is 0. The van der Waals surface area contributed by atoms with Crippen molar-refractivity contribution in [3.05, 3.63) is 60.8 Å². The number of unbranched alkanes of at least 4 members (excludes halogenated alkanes) is 14. The van der Waals surface area contributed by atoms with Gasteiger partial charge in [0.15, 0.2) is 0 Å². The zero-order valence-corrected chi connectivity index (χ0v) is 28.7. The lowest BCUT2D eigenvalue weighted by Gasteiger charge is -2.11. The Bertz CT molecular complexity index is 871. The van der Waals surface area contributed by atoms with E-state index in [1.165, 1.54) is 70.6 Å². The topological polar surface area (TPSA) is 92.7 Å². The maximum Gasteiger partial charge on any atom is 0.322 e. The monoisotopic (exact) mass is 627 g/mol. The molecule has 0 aromatic rings. The molecular weight excluding hydrogens is 562 g/mol. The van der Waals surface area contributed by atoms with Gasteiger partial charge in [-0.15, -0.1) is 0 Å². The quantitative estimate of drug-likeness (QED) is 0.0453. The number of hydrogen-bond acceptors (Lipinski definition) is 4. The first-order chi connectivity index (χ1) is 22.0. The summed E-state index contributed by atoms with van der Waals surface area (Å²) in [5.74, 6) is -1.41. The zero-order chi connectivity index (χ0) is 33.1. The molecular formula is C39H65NO5. The zero-order valence-electron chi connectivity index (χ0n) is 28.7. The molecule has 2 N–H and O–H groups in total. The van der Waals surface area contributed by atoms with E-state index in [0.29, 0.717) is 12.8 Å². The fourth-order valence-electron chi connectivity index (χ4n) is 4.74. The lowest BCUT2D eigenvalue weighted by Crippen LogP contribution is -2.28. The van der Waals surface area contributed by atoms with Crippen LogP contribution in [0.5, 0.6) is 0 Å². The fraction of sp³-hybridized carbons (Fsp3) is 0.667. The van der Waals surface area contributed by atoms with Gasteiger partial charge in [-0.2, -0.15) is 0 Å². The third-order valence-electron chi connectivity index (χ3n) is 7.39. The van der Waals surface area contributed by atoms with Gasteiger partial charge < -0.3 is 15.2 Å². The van der Waals surface area contributed by atoms with Gasteiger partial charge in [-0.05, 0) is 82.8 Å². The molecule has 1 unspecified atom stereocenters. The highest BCUT2D eigenvalue weighted by Crippen LogP contribution is 2.12. The first kappa shape index (κ1) is 42.1. The average Bonchev–Trinajstić information content (AvgIpc) is 3.02. The molecule has 256 valence electrons. The molecule has 0 aliphatic rings. The Kier molecular flexibility index (Phi) is 31.8. The van der Waals surface area contributed by atoms with E-state index in [1.807, 2.05) is 24.3 Å². The van der Waals surface area contributed by atoms with Crippen molar-refractivity contribution in [2.24, 2.45) is 0 Å². The number of carboxylic acid groups (broad SMARTS) is 1. The molecule has 0 spiro atoms. The van der Waals surface area contributed by atoms with Gasteiger partial charge in [0.25, 0.3) is 0 Å². The molecule has 0 saturated carbocycles. The van der Waals surface area contributed by atoms with Crippen LogP contribution in [-0.2, 0) is 19.1 Å². The van der Waals surface area contributed by atoms with E-state index >= 15 is 0 Å². The molecule has 0 fully saturated rings. The lowest BCUT2D eigenvalue weighted by molar-refractivity contribution is -0.145. The van der Waals surface area contributed by atoms with E-state index in [1.54, 1.807) is 0 Å². The van der Waals surface area contributed by atoms with Gasteiger partial charge in [0.2, 0.25) is 5.91 Å². The minimum absolute atomic E-state index is 0.149. The van der Waals surface area contributed by atoms with Crippen molar-refractivity contribution >= 4 is 17.8 Å². The molecule has 0 aliphatic heterocycles. The lowest BCUT2D eigenvalue weighted by atomic mass is 10.1. The minimum atomic E-state index is -1.04. The second kappa shape index (κ2) is 34.0. The van der Waals surface area contributed by atoms with Crippen LogP contribution in [0, 0.1) is 0 Å². The average molecular weight is 628 g/mol. The van der Waals surface area contributed by atoms with Gasteiger partial charge in [-0.25, -0.2) is 0 Å². The Morgan fingerprint density at radius 1 is 0.600 bits per heavy atom. The number of carbonyl (C=O) groups excluding carboxylic acids is 2. The van der Waals surface area contributed by atoms with Crippen LogP contribution in [0.2, 0.25) is 0 Å². The van der Waals surface area contributed by atoms with Crippen LogP contribution in [-0.4, -0.2) is 35.6 Å². The fourth-order valence-corrected chi connectivity index (χ4v) is 4.74. The Labute approximate surface area is 275 Å². The number of aliphatic carboxylic acids is 1. The van der Waals surface area contributed by atoms with Crippen LogP contribution in [0.3, 0.4) is 0 Å². The maximum atomic E-state index is 12.5. The SMILES string of the molecule is CC/C=C\C/C=C\C(/C=C\CCCCCC(=O)NCC(=O)O)OC(=O)CCCCCCCCC/C=C\C/C=C\CCCCCC. The number of carboxylic acids is 1. The summed E-state index contributed by atoms with van der Waals surface area (Å²) in [4.78, 5) is 34.6. The number of rotatable bonds is 31. The van der Waals surface area contributed by atoms with Crippen LogP contribution in [0.4, 0.5) is 0 Å². The largest absolute Gasteiger partial charge is 0.480 e. The first-order valence-corrected chi connectivity index (χ1v) is 18.0. The van der Waals surface area contributed by atoms with Crippen LogP contribution >= 0.6 is 0 Å². The van der Waals surface area contributed by atoms with E-state index in [-0.39, 0.29) is 24.5 Å². The summed E-state index contributed by atoms with van der Waals surface area (Å²) >= 11 is 0. The van der Waals surface area contributed by atoms with E-state index in [9.17, 15) is 14.4 Å². The van der Waals surface area contributed by atoms with Crippen LogP contribution in [0.1, 0.15) is 155 Å². The third-order valence-corrected chi connectivity index (χ3v) is 7.39. The van der Waals surface area contributed by atoms with Crippen molar-refractivity contribution in [1.82, 2.24) is 5.32 Å². The Hall–Kier alpha value is -2.89. The first-order valence-electron chi connectivity index (χ1n) is 18.0. The molecule has 0 saturated heterocycles.